The van der Waals surface area contributed by atoms with E-state index in [1.165, 1.54) is 11.3 Å². The molecule has 0 radical (unpaired) electrons. The number of aromatic nitrogens is 2. The van der Waals surface area contributed by atoms with E-state index in [9.17, 15) is 9.59 Å². The Morgan fingerprint density at radius 3 is 2.63 bits per heavy atom. The Kier molecular flexibility index (Phi) is 4.61. The number of thiazole rings is 1. The smallest absolute Gasteiger partial charge is 0.339 e. The molecule has 5 rings (SSSR count). The molecule has 1 unspecified atom stereocenters. The summed E-state index contributed by atoms with van der Waals surface area (Å²) in [5.74, 6) is -0.821. The first-order valence-corrected chi connectivity index (χ1v) is 10.3. The minimum absolute atomic E-state index is 0.272. The lowest BCUT2D eigenvalue weighted by Crippen LogP contribution is -2.20. The number of para-hydroxylation sites is 1. The molecule has 0 amide bonds. The summed E-state index contributed by atoms with van der Waals surface area (Å²) in [6.07, 6.45) is 0.621. The number of esters is 1. The van der Waals surface area contributed by atoms with Crippen LogP contribution >= 0.6 is 11.3 Å². The number of fused-ring (bicyclic) bond motifs is 2. The normalized spacial score (nSPS) is 12.1. The second-order valence-electron chi connectivity index (χ2n) is 6.84. The third kappa shape index (κ3) is 3.27. The molecule has 5 aromatic rings. The van der Waals surface area contributed by atoms with Crippen molar-refractivity contribution >= 4 is 44.2 Å². The van der Waals surface area contributed by atoms with Crippen molar-refractivity contribution in [3.8, 4) is 0 Å². The van der Waals surface area contributed by atoms with Crippen LogP contribution in [0.5, 0.6) is 0 Å². The first kappa shape index (κ1) is 18.3. The Labute approximate surface area is 176 Å². The molecule has 0 aliphatic carbocycles. The van der Waals surface area contributed by atoms with Gasteiger partial charge in [0, 0.05) is 28.2 Å². The number of benzene rings is 3. The summed E-state index contributed by atoms with van der Waals surface area (Å²) in [4.78, 5) is 33.7. The number of ketones is 1. The Morgan fingerprint density at radius 2 is 1.77 bits per heavy atom. The van der Waals surface area contributed by atoms with E-state index < -0.39 is 12.1 Å². The molecule has 0 spiro atoms. The molecular formula is C24H16N2O3S. The van der Waals surface area contributed by atoms with Crippen molar-refractivity contribution in [3.63, 3.8) is 0 Å². The van der Waals surface area contributed by atoms with Crippen molar-refractivity contribution in [1.82, 2.24) is 9.97 Å². The van der Waals surface area contributed by atoms with E-state index in [1.807, 2.05) is 42.5 Å². The van der Waals surface area contributed by atoms with Crippen LogP contribution in [0.1, 0.15) is 32.4 Å². The standard InChI is InChI=1S/C24H16N2O3S/c27-22(18-13-25-19-9-5-4-8-17(18)19)23(15-6-2-1-3-7-15)29-24(28)16-10-11-20-21(12-16)30-14-26-20/h1-14,23,25H. The number of carbonyl (C=O) groups excluding carboxylic acids is 2. The van der Waals surface area contributed by atoms with Gasteiger partial charge in [0.25, 0.3) is 0 Å². The summed E-state index contributed by atoms with van der Waals surface area (Å²) in [7, 11) is 0. The first-order chi connectivity index (χ1) is 14.7. The molecule has 2 aromatic heterocycles. The van der Waals surface area contributed by atoms with E-state index >= 15 is 0 Å². The number of hydrogen-bond donors (Lipinski definition) is 1. The SMILES string of the molecule is O=C(OC(C(=O)c1c[nH]c2ccccc12)c1ccccc1)c1ccc2ncsc2c1. The second-order valence-corrected chi connectivity index (χ2v) is 7.73. The second kappa shape index (κ2) is 7.57. The van der Waals surface area contributed by atoms with E-state index in [0.717, 1.165) is 21.1 Å². The largest absolute Gasteiger partial charge is 0.445 e. The maximum Gasteiger partial charge on any atom is 0.339 e. The Bertz CT molecular complexity index is 1370. The van der Waals surface area contributed by atoms with Crippen molar-refractivity contribution in [1.29, 1.82) is 0 Å². The summed E-state index contributed by atoms with van der Waals surface area (Å²) in [5, 5.41) is 0.797. The molecule has 0 fully saturated rings. The highest BCUT2D eigenvalue weighted by atomic mass is 32.1. The Balaban J connectivity index is 1.52. The van der Waals surface area contributed by atoms with Crippen molar-refractivity contribution < 1.29 is 14.3 Å². The number of rotatable bonds is 5. The van der Waals surface area contributed by atoms with Gasteiger partial charge in [0.15, 0.2) is 6.10 Å². The summed E-state index contributed by atoms with van der Waals surface area (Å²) in [6.45, 7) is 0. The highest BCUT2D eigenvalue weighted by molar-refractivity contribution is 7.16. The van der Waals surface area contributed by atoms with Gasteiger partial charge in [-0.3, -0.25) is 4.79 Å². The van der Waals surface area contributed by atoms with Crippen molar-refractivity contribution in [2.45, 2.75) is 6.10 Å². The van der Waals surface area contributed by atoms with Gasteiger partial charge in [-0.1, -0.05) is 48.5 Å². The molecule has 0 bridgehead atoms. The van der Waals surface area contributed by atoms with Gasteiger partial charge in [-0.15, -0.1) is 11.3 Å². The quantitative estimate of drug-likeness (QED) is 0.303. The summed E-state index contributed by atoms with van der Waals surface area (Å²) < 4.78 is 6.66. The molecule has 3 aromatic carbocycles. The predicted octanol–water partition coefficient (Wildman–Crippen LogP) is 5.56. The van der Waals surface area contributed by atoms with Crippen molar-refractivity contribution in [2.75, 3.05) is 0 Å². The molecule has 1 N–H and O–H groups in total. The number of hydrogen-bond acceptors (Lipinski definition) is 5. The van der Waals surface area contributed by atoms with Gasteiger partial charge < -0.3 is 9.72 Å². The molecule has 1 atom stereocenters. The third-order valence-corrected chi connectivity index (χ3v) is 5.78. The fourth-order valence-electron chi connectivity index (χ4n) is 3.47. The molecule has 30 heavy (non-hydrogen) atoms. The van der Waals surface area contributed by atoms with Crippen LogP contribution in [0.15, 0.2) is 84.5 Å². The molecule has 2 heterocycles. The fraction of sp³-hybridized carbons (Fsp3) is 0.0417. The topological polar surface area (TPSA) is 72.1 Å². The van der Waals surface area contributed by atoms with Gasteiger partial charge in [0.05, 0.1) is 21.3 Å². The van der Waals surface area contributed by atoms with E-state index in [2.05, 4.69) is 9.97 Å². The number of nitrogens with one attached hydrogen (secondary N) is 1. The zero-order valence-electron chi connectivity index (χ0n) is 15.7. The number of H-pyrrole nitrogens is 1. The lowest BCUT2D eigenvalue weighted by Gasteiger charge is -2.17. The predicted molar refractivity (Wildman–Crippen MR) is 117 cm³/mol. The summed E-state index contributed by atoms with van der Waals surface area (Å²) in [6, 6.07) is 21.8. The highest BCUT2D eigenvalue weighted by Gasteiger charge is 2.28. The fourth-order valence-corrected chi connectivity index (χ4v) is 4.19. The summed E-state index contributed by atoms with van der Waals surface area (Å²) in [5.41, 5.74) is 4.91. The highest BCUT2D eigenvalue weighted by Crippen LogP contribution is 2.28. The average Bonchev–Trinajstić information content (AvgIpc) is 3.44. The molecule has 0 aliphatic rings. The van der Waals surface area contributed by atoms with E-state index in [1.54, 1.807) is 42.0 Å². The molecule has 6 heteroatoms. The number of aromatic amines is 1. The molecular weight excluding hydrogens is 396 g/mol. The Hall–Kier alpha value is -3.77. The van der Waals surface area contributed by atoms with Crippen LogP contribution in [0, 0.1) is 0 Å². The molecule has 0 saturated carbocycles. The molecule has 0 saturated heterocycles. The monoisotopic (exact) mass is 412 g/mol. The lowest BCUT2D eigenvalue weighted by molar-refractivity contribution is 0.0281. The minimum atomic E-state index is -1.05. The van der Waals surface area contributed by atoms with E-state index in [4.69, 9.17) is 4.74 Å². The van der Waals surface area contributed by atoms with Gasteiger partial charge in [-0.05, 0) is 24.3 Å². The van der Waals surface area contributed by atoms with Crippen molar-refractivity contribution in [2.24, 2.45) is 0 Å². The van der Waals surface area contributed by atoms with E-state index in [0.29, 0.717) is 16.7 Å². The maximum atomic E-state index is 13.5. The maximum absolute atomic E-state index is 13.5. The zero-order chi connectivity index (χ0) is 20.5. The number of carbonyl (C=O) groups is 2. The number of ether oxygens (including phenoxy) is 1. The third-order valence-electron chi connectivity index (χ3n) is 4.99. The van der Waals surface area contributed by atoms with Crippen molar-refractivity contribution in [3.05, 3.63) is 101 Å². The van der Waals surface area contributed by atoms with Crippen LogP contribution in [0.3, 0.4) is 0 Å². The zero-order valence-corrected chi connectivity index (χ0v) is 16.6. The van der Waals surface area contributed by atoms with Crippen LogP contribution in [0.4, 0.5) is 0 Å². The number of nitrogens with zero attached hydrogens (tertiary/aromatic N) is 1. The molecule has 0 aliphatic heterocycles. The minimum Gasteiger partial charge on any atom is -0.445 e. The van der Waals surface area contributed by atoms with Crippen LogP contribution in [0.25, 0.3) is 21.1 Å². The van der Waals surface area contributed by atoms with Crippen LogP contribution in [0.2, 0.25) is 0 Å². The van der Waals surface area contributed by atoms with Gasteiger partial charge in [0.1, 0.15) is 0 Å². The molecule has 146 valence electrons. The lowest BCUT2D eigenvalue weighted by atomic mass is 9.99. The van der Waals surface area contributed by atoms with Crippen LogP contribution in [-0.4, -0.2) is 21.7 Å². The van der Waals surface area contributed by atoms with Gasteiger partial charge in [0.2, 0.25) is 5.78 Å². The number of Topliss-reactive ketones (excluding diaryl/α,β-unsaturated/α-hetero) is 1. The van der Waals surface area contributed by atoms with Gasteiger partial charge in [-0.25, -0.2) is 9.78 Å². The van der Waals surface area contributed by atoms with Gasteiger partial charge >= 0.3 is 5.97 Å². The summed E-state index contributed by atoms with van der Waals surface area (Å²) >= 11 is 1.45. The van der Waals surface area contributed by atoms with Gasteiger partial charge in [-0.2, -0.15) is 0 Å². The average molecular weight is 412 g/mol. The molecule has 5 nitrogen and oxygen atoms in total. The van der Waals surface area contributed by atoms with Crippen LogP contribution < -0.4 is 0 Å². The Morgan fingerprint density at radius 1 is 0.967 bits per heavy atom. The first-order valence-electron chi connectivity index (χ1n) is 9.40. The van der Waals surface area contributed by atoms with E-state index in [-0.39, 0.29) is 5.78 Å². The van der Waals surface area contributed by atoms with Crippen LogP contribution in [-0.2, 0) is 4.74 Å².